The van der Waals surface area contributed by atoms with Crippen LogP contribution < -0.4 is 5.32 Å². The molecule has 3 aromatic carbocycles. The highest BCUT2D eigenvalue weighted by Crippen LogP contribution is 2.23. The SMILES string of the molecule is CC(C)(C)NC(=O)[C@@H](Cc1ccccc1)N(Cc1cccc(Br)c1)C(=O)CCc1ccc(C(C)(C)C)cc1. The van der Waals surface area contributed by atoms with Crippen molar-refractivity contribution in [2.24, 2.45) is 0 Å². The molecular weight excluding hydrogens is 536 g/mol. The first-order valence-electron chi connectivity index (χ1n) is 13.3. The highest BCUT2D eigenvalue weighted by molar-refractivity contribution is 9.10. The molecule has 0 unspecified atom stereocenters. The summed E-state index contributed by atoms with van der Waals surface area (Å²) in [6.45, 7) is 12.8. The van der Waals surface area contributed by atoms with Crippen molar-refractivity contribution in [1.82, 2.24) is 10.2 Å². The fourth-order valence-corrected chi connectivity index (χ4v) is 4.85. The number of rotatable bonds is 9. The van der Waals surface area contributed by atoms with Crippen molar-refractivity contribution >= 4 is 27.7 Å². The number of amides is 2. The second kappa shape index (κ2) is 12.8. The third kappa shape index (κ3) is 9.13. The Hall–Kier alpha value is -2.92. The zero-order chi connectivity index (χ0) is 27.9. The molecule has 0 saturated carbocycles. The fraction of sp³-hybridized carbons (Fsp3) is 0.394. The van der Waals surface area contributed by atoms with E-state index in [0.717, 1.165) is 21.2 Å². The lowest BCUT2D eigenvalue weighted by atomic mass is 9.86. The lowest BCUT2D eigenvalue weighted by Crippen LogP contribution is -2.54. The molecule has 2 amide bonds. The van der Waals surface area contributed by atoms with E-state index in [4.69, 9.17) is 0 Å². The molecule has 3 rings (SSSR count). The molecule has 0 bridgehead atoms. The molecule has 0 radical (unpaired) electrons. The zero-order valence-electron chi connectivity index (χ0n) is 23.6. The first-order chi connectivity index (χ1) is 17.8. The second-order valence-corrected chi connectivity index (χ2v) is 13.0. The molecule has 202 valence electrons. The van der Waals surface area contributed by atoms with Gasteiger partial charge >= 0.3 is 0 Å². The van der Waals surface area contributed by atoms with Gasteiger partial charge in [0, 0.05) is 29.4 Å². The Morgan fingerprint density at radius 2 is 1.45 bits per heavy atom. The topological polar surface area (TPSA) is 49.4 Å². The monoisotopic (exact) mass is 576 g/mol. The van der Waals surface area contributed by atoms with E-state index in [1.807, 2.05) is 75.4 Å². The second-order valence-electron chi connectivity index (χ2n) is 12.0. The van der Waals surface area contributed by atoms with Crippen LogP contribution in [-0.4, -0.2) is 28.3 Å². The molecule has 0 saturated heterocycles. The van der Waals surface area contributed by atoms with Crippen LogP contribution in [0.15, 0.2) is 83.3 Å². The lowest BCUT2D eigenvalue weighted by Gasteiger charge is -2.34. The molecule has 0 aromatic heterocycles. The van der Waals surface area contributed by atoms with Crippen LogP contribution in [0.1, 0.15) is 70.2 Å². The Morgan fingerprint density at radius 1 is 0.816 bits per heavy atom. The maximum Gasteiger partial charge on any atom is 0.243 e. The number of carbonyl (C=O) groups excluding carboxylic acids is 2. The minimum Gasteiger partial charge on any atom is -0.350 e. The summed E-state index contributed by atoms with van der Waals surface area (Å²) in [5.74, 6) is -0.172. The summed E-state index contributed by atoms with van der Waals surface area (Å²) in [5, 5.41) is 3.12. The highest BCUT2D eigenvalue weighted by Gasteiger charge is 2.32. The third-order valence-electron chi connectivity index (χ3n) is 6.46. The van der Waals surface area contributed by atoms with Gasteiger partial charge in [0.25, 0.3) is 0 Å². The van der Waals surface area contributed by atoms with Gasteiger partial charge in [-0.3, -0.25) is 9.59 Å². The molecule has 0 spiro atoms. The van der Waals surface area contributed by atoms with Crippen molar-refractivity contribution < 1.29 is 9.59 Å². The molecule has 0 aliphatic carbocycles. The van der Waals surface area contributed by atoms with Crippen molar-refractivity contribution in [3.05, 3.63) is 106 Å². The summed E-state index contributed by atoms with van der Waals surface area (Å²) >= 11 is 3.55. The average molecular weight is 578 g/mol. The maximum absolute atomic E-state index is 13.9. The number of nitrogens with zero attached hydrogens (tertiary/aromatic N) is 1. The van der Waals surface area contributed by atoms with Gasteiger partial charge in [-0.05, 0) is 67.0 Å². The number of nitrogens with one attached hydrogen (secondary N) is 1. The molecule has 0 aliphatic rings. The fourth-order valence-electron chi connectivity index (χ4n) is 4.41. The van der Waals surface area contributed by atoms with Gasteiger partial charge < -0.3 is 10.2 Å². The lowest BCUT2D eigenvalue weighted by molar-refractivity contribution is -0.141. The number of halogens is 1. The largest absolute Gasteiger partial charge is 0.350 e. The molecule has 0 fully saturated rings. The van der Waals surface area contributed by atoms with Crippen LogP contribution in [0.2, 0.25) is 0 Å². The molecule has 1 N–H and O–H groups in total. The number of benzene rings is 3. The molecule has 5 heteroatoms. The van der Waals surface area contributed by atoms with Gasteiger partial charge in [-0.15, -0.1) is 0 Å². The van der Waals surface area contributed by atoms with E-state index in [0.29, 0.717) is 25.8 Å². The van der Waals surface area contributed by atoms with Gasteiger partial charge in [-0.25, -0.2) is 0 Å². The molecular formula is C33H41BrN2O2. The predicted octanol–water partition coefficient (Wildman–Crippen LogP) is 7.23. The van der Waals surface area contributed by atoms with E-state index < -0.39 is 11.6 Å². The van der Waals surface area contributed by atoms with Crippen molar-refractivity contribution in [2.75, 3.05) is 0 Å². The Morgan fingerprint density at radius 3 is 2.03 bits per heavy atom. The van der Waals surface area contributed by atoms with Crippen molar-refractivity contribution in [3.63, 3.8) is 0 Å². The molecule has 0 heterocycles. The first kappa shape index (κ1) is 29.6. The normalized spacial score (nSPS) is 12.6. The van der Waals surface area contributed by atoms with Gasteiger partial charge in [-0.1, -0.05) is 103 Å². The Balaban J connectivity index is 1.90. The van der Waals surface area contributed by atoms with Gasteiger partial charge in [0.15, 0.2) is 0 Å². The minimum absolute atomic E-state index is 0.0325. The molecule has 0 aliphatic heterocycles. The van der Waals surface area contributed by atoms with E-state index in [-0.39, 0.29) is 17.2 Å². The summed E-state index contributed by atoms with van der Waals surface area (Å²) in [7, 11) is 0. The minimum atomic E-state index is -0.633. The van der Waals surface area contributed by atoms with Gasteiger partial charge in [-0.2, -0.15) is 0 Å². The summed E-state index contributed by atoms with van der Waals surface area (Å²) in [6.07, 6.45) is 1.40. The van der Waals surface area contributed by atoms with E-state index in [1.54, 1.807) is 4.90 Å². The third-order valence-corrected chi connectivity index (χ3v) is 6.95. The highest BCUT2D eigenvalue weighted by atomic mass is 79.9. The van der Waals surface area contributed by atoms with Crippen LogP contribution in [0.4, 0.5) is 0 Å². The van der Waals surface area contributed by atoms with Crippen LogP contribution in [0.25, 0.3) is 0 Å². The van der Waals surface area contributed by atoms with Gasteiger partial charge in [0.2, 0.25) is 11.8 Å². The predicted molar refractivity (Wildman–Crippen MR) is 160 cm³/mol. The Bertz CT molecular complexity index is 1210. The summed E-state index contributed by atoms with van der Waals surface area (Å²) in [4.78, 5) is 29.3. The molecule has 1 atom stereocenters. The quantitative estimate of drug-likeness (QED) is 0.292. The molecule has 4 nitrogen and oxygen atoms in total. The number of carbonyl (C=O) groups is 2. The van der Waals surface area contributed by atoms with E-state index >= 15 is 0 Å². The number of hydrogen-bond donors (Lipinski definition) is 1. The van der Waals surface area contributed by atoms with E-state index in [1.165, 1.54) is 5.56 Å². The van der Waals surface area contributed by atoms with Crippen LogP contribution >= 0.6 is 15.9 Å². The maximum atomic E-state index is 13.9. The summed E-state index contributed by atoms with van der Waals surface area (Å²) in [5.41, 5.74) is 4.05. The summed E-state index contributed by atoms with van der Waals surface area (Å²) < 4.78 is 0.945. The Kier molecular flexibility index (Phi) is 9.94. The molecule has 38 heavy (non-hydrogen) atoms. The van der Waals surface area contributed by atoms with Crippen LogP contribution in [0.5, 0.6) is 0 Å². The summed E-state index contributed by atoms with van der Waals surface area (Å²) in [6, 6.07) is 25.7. The van der Waals surface area contributed by atoms with Crippen LogP contribution in [0.3, 0.4) is 0 Å². The van der Waals surface area contributed by atoms with Gasteiger partial charge in [0.1, 0.15) is 6.04 Å². The first-order valence-corrected chi connectivity index (χ1v) is 14.1. The van der Waals surface area contributed by atoms with Crippen LogP contribution in [-0.2, 0) is 34.4 Å². The van der Waals surface area contributed by atoms with E-state index in [9.17, 15) is 9.59 Å². The van der Waals surface area contributed by atoms with Crippen molar-refractivity contribution in [1.29, 1.82) is 0 Å². The average Bonchev–Trinajstić information content (AvgIpc) is 2.84. The smallest absolute Gasteiger partial charge is 0.243 e. The van der Waals surface area contributed by atoms with Crippen LogP contribution in [0, 0.1) is 0 Å². The Labute approximate surface area is 237 Å². The van der Waals surface area contributed by atoms with E-state index in [2.05, 4.69) is 66.3 Å². The van der Waals surface area contributed by atoms with Crippen molar-refractivity contribution in [3.8, 4) is 0 Å². The zero-order valence-corrected chi connectivity index (χ0v) is 25.1. The van der Waals surface area contributed by atoms with Gasteiger partial charge in [0.05, 0.1) is 0 Å². The molecule has 3 aromatic rings. The number of hydrogen-bond acceptors (Lipinski definition) is 2. The number of aryl methyl sites for hydroxylation is 1. The standard InChI is InChI=1S/C33H41BrN2O2/c1-32(2,3)27-18-15-24(16-19-27)17-20-30(37)36(23-26-13-10-14-28(34)21-26)29(31(38)35-33(4,5)6)22-25-11-8-7-9-12-25/h7-16,18-19,21,29H,17,20,22-23H2,1-6H3,(H,35,38)/t29-/m1/s1. The van der Waals surface area contributed by atoms with Crippen molar-refractivity contribution in [2.45, 2.75) is 84.3 Å².